The third-order valence-electron chi connectivity index (χ3n) is 3.11. The van der Waals surface area contributed by atoms with Gasteiger partial charge in [-0.2, -0.15) is 0 Å². The Kier molecular flexibility index (Phi) is 12.1. The maximum atomic E-state index is 6.61. The second-order valence-corrected chi connectivity index (χ2v) is 14.2. The van der Waals surface area contributed by atoms with Crippen molar-refractivity contribution in [2.24, 2.45) is 0 Å². The van der Waals surface area contributed by atoms with E-state index in [1.54, 1.807) is 0 Å². The zero-order chi connectivity index (χ0) is 15.3. The first kappa shape index (κ1) is 25.3. The highest BCUT2D eigenvalue weighted by Crippen LogP contribution is 2.13. The Morgan fingerprint density at radius 2 is 0.875 bits per heavy atom. The van der Waals surface area contributed by atoms with Gasteiger partial charge in [0.2, 0.25) is 0 Å². The molecule has 0 aliphatic carbocycles. The van der Waals surface area contributed by atoms with E-state index in [9.17, 15) is 0 Å². The molecule has 0 amide bonds. The van der Waals surface area contributed by atoms with E-state index >= 15 is 0 Å². The van der Waals surface area contributed by atoms with E-state index in [2.05, 4.69) is 74.7 Å². The molecule has 0 radical (unpaired) electrons. The first-order valence-corrected chi connectivity index (χ1v) is 14.9. The highest BCUT2D eigenvalue weighted by atomic mass is 28.5. The molecule has 0 aliphatic heterocycles. The minimum atomic E-state index is -2.55. The van der Waals surface area contributed by atoms with Crippen molar-refractivity contribution >= 4 is 37.0 Å². The molecule has 0 heterocycles. The van der Waals surface area contributed by atoms with Crippen LogP contribution in [0.2, 0.25) is 26.2 Å². The van der Waals surface area contributed by atoms with Gasteiger partial charge in [-0.05, 0) is 36.6 Å². The van der Waals surface area contributed by atoms with Crippen LogP contribution in [0.3, 0.4) is 0 Å². The molecule has 0 N–H and O–H groups in total. The Hall–Kier alpha value is -0.989. The predicted octanol–water partition coefficient (Wildman–Crippen LogP) is 4.15. The summed E-state index contributed by atoms with van der Waals surface area (Å²) in [4.78, 5) is 0. The molecule has 2 nitrogen and oxygen atoms in total. The Morgan fingerprint density at radius 1 is 0.583 bits per heavy atom. The van der Waals surface area contributed by atoms with E-state index in [0.717, 1.165) is 0 Å². The largest absolute Gasteiger partial charge is 0.433 e. The Labute approximate surface area is 154 Å². The molecule has 2 aromatic rings. The molecular formula is C19H36O2Si3. The summed E-state index contributed by atoms with van der Waals surface area (Å²) in [6.45, 7) is 8.88. The van der Waals surface area contributed by atoms with Gasteiger partial charge in [-0.1, -0.05) is 82.9 Å². The second kappa shape index (κ2) is 11.5. The van der Waals surface area contributed by atoms with Gasteiger partial charge in [-0.15, -0.1) is 0 Å². The monoisotopic (exact) mass is 380 g/mol. The Balaban J connectivity index is 0. The van der Waals surface area contributed by atoms with Crippen molar-refractivity contribution in [1.82, 2.24) is 0 Å². The van der Waals surface area contributed by atoms with E-state index in [0.29, 0.717) is 0 Å². The van der Waals surface area contributed by atoms with Crippen molar-refractivity contribution in [3.05, 3.63) is 60.7 Å². The fourth-order valence-electron chi connectivity index (χ4n) is 2.45. The third kappa shape index (κ3) is 6.14. The lowest BCUT2D eigenvalue weighted by atomic mass is 10.4. The van der Waals surface area contributed by atoms with Gasteiger partial charge in [-0.3, -0.25) is 0 Å². The smallest absolute Gasteiger partial charge is 0.386 e. The molecule has 5 heteroatoms. The average Bonchev–Trinajstić information content (AvgIpc) is 2.47. The zero-order valence-corrected chi connectivity index (χ0v) is 16.6. The molecular weight excluding hydrogens is 344 g/mol. The van der Waals surface area contributed by atoms with E-state index in [4.69, 9.17) is 8.23 Å². The summed E-state index contributed by atoms with van der Waals surface area (Å²) in [6.07, 6.45) is 0. The van der Waals surface area contributed by atoms with Crippen molar-refractivity contribution in [1.29, 1.82) is 0 Å². The number of rotatable bonds is 6. The lowest BCUT2D eigenvalue weighted by molar-refractivity contribution is 0.434. The zero-order valence-electron chi connectivity index (χ0n) is 13.2. The van der Waals surface area contributed by atoms with E-state index < -0.39 is 26.6 Å². The molecule has 0 spiro atoms. The highest BCUT2D eigenvalue weighted by Gasteiger charge is 2.43. The van der Waals surface area contributed by atoms with Gasteiger partial charge in [0.25, 0.3) is 0 Å². The van der Waals surface area contributed by atoms with Crippen LogP contribution in [0.15, 0.2) is 60.7 Å². The van der Waals surface area contributed by atoms with Crippen LogP contribution >= 0.6 is 0 Å². The lowest BCUT2D eigenvalue weighted by Crippen LogP contribution is -2.66. The minimum absolute atomic E-state index is 0. The standard InChI is InChI=1S/C16H24O2Si3.3CH4/c1-19(2)17-21(18-20(3)4,15-11-7-5-8-12-15)16-13-9-6-10-14-16;;;/h5-14,19-20H,1-4H3;3*1H4. The van der Waals surface area contributed by atoms with Crippen molar-refractivity contribution in [3.8, 4) is 0 Å². The molecule has 2 aromatic carbocycles. The van der Waals surface area contributed by atoms with Crippen molar-refractivity contribution in [2.45, 2.75) is 48.5 Å². The van der Waals surface area contributed by atoms with E-state index in [1.165, 1.54) is 10.4 Å². The van der Waals surface area contributed by atoms with Gasteiger partial charge in [0.05, 0.1) is 0 Å². The van der Waals surface area contributed by atoms with Crippen LogP contribution in [-0.2, 0) is 8.23 Å². The summed E-state index contributed by atoms with van der Waals surface area (Å²) < 4.78 is 13.2. The van der Waals surface area contributed by atoms with Crippen LogP contribution in [-0.4, -0.2) is 26.6 Å². The molecule has 0 unspecified atom stereocenters. The molecule has 0 aromatic heterocycles. The van der Waals surface area contributed by atoms with Crippen LogP contribution < -0.4 is 10.4 Å². The van der Waals surface area contributed by atoms with E-state index in [-0.39, 0.29) is 22.3 Å². The van der Waals surface area contributed by atoms with Gasteiger partial charge in [0.1, 0.15) is 0 Å². The van der Waals surface area contributed by atoms with Gasteiger partial charge < -0.3 is 8.23 Å². The summed E-state index contributed by atoms with van der Waals surface area (Å²) in [5, 5.41) is 2.44. The normalized spacial score (nSPS) is 10.6. The summed E-state index contributed by atoms with van der Waals surface area (Å²) >= 11 is 0. The second-order valence-electron chi connectivity index (χ2n) is 5.68. The number of hydrogen-bond donors (Lipinski definition) is 0. The number of hydrogen-bond acceptors (Lipinski definition) is 2. The van der Waals surface area contributed by atoms with Crippen LogP contribution in [0.25, 0.3) is 0 Å². The van der Waals surface area contributed by atoms with Gasteiger partial charge in [-0.25, -0.2) is 0 Å². The third-order valence-corrected chi connectivity index (χ3v) is 11.7. The van der Waals surface area contributed by atoms with Gasteiger partial charge >= 0.3 is 8.56 Å². The molecule has 136 valence electrons. The Bertz CT molecular complexity index is 494. The lowest BCUT2D eigenvalue weighted by Gasteiger charge is -2.35. The minimum Gasteiger partial charge on any atom is -0.433 e. The average molecular weight is 381 g/mol. The predicted molar refractivity (Wildman–Crippen MR) is 118 cm³/mol. The topological polar surface area (TPSA) is 18.5 Å². The van der Waals surface area contributed by atoms with Crippen LogP contribution in [0.1, 0.15) is 22.3 Å². The fourth-order valence-corrected chi connectivity index (χ4v) is 12.3. The molecule has 0 saturated carbocycles. The summed E-state index contributed by atoms with van der Waals surface area (Å²) in [6, 6.07) is 21.1. The molecule has 0 aliphatic rings. The summed E-state index contributed by atoms with van der Waals surface area (Å²) in [5.74, 6) is 0. The SMILES string of the molecule is C.C.C.C[SiH](C)O[Si](O[SiH](C)C)(c1ccccc1)c1ccccc1. The first-order valence-electron chi connectivity index (χ1n) is 7.51. The maximum absolute atomic E-state index is 6.61. The highest BCUT2D eigenvalue weighted by molar-refractivity contribution is 6.98. The maximum Gasteiger partial charge on any atom is 0.386 e. The fraction of sp³-hybridized carbons (Fsp3) is 0.368. The van der Waals surface area contributed by atoms with Crippen LogP contribution in [0, 0.1) is 0 Å². The molecule has 0 fully saturated rings. The first-order chi connectivity index (χ1) is 10.0. The molecule has 24 heavy (non-hydrogen) atoms. The summed E-state index contributed by atoms with van der Waals surface area (Å²) in [5.41, 5.74) is 0. The molecule has 0 atom stereocenters. The van der Waals surface area contributed by atoms with Crippen LogP contribution in [0.5, 0.6) is 0 Å². The molecule has 0 bridgehead atoms. The van der Waals surface area contributed by atoms with Crippen LogP contribution in [0.4, 0.5) is 0 Å². The van der Waals surface area contributed by atoms with Crippen molar-refractivity contribution < 1.29 is 8.23 Å². The van der Waals surface area contributed by atoms with Gasteiger partial charge in [0.15, 0.2) is 18.1 Å². The van der Waals surface area contributed by atoms with E-state index in [1.807, 2.05) is 12.1 Å². The molecule has 2 rings (SSSR count). The quantitative estimate of drug-likeness (QED) is 0.701. The van der Waals surface area contributed by atoms with Gasteiger partial charge in [0, 0.05) is 0 Å². The Morgan fingerprint density at radius 3 is 1.12 bits per heavy atom. The van der Waals surface area contributed by atoms with Crippen molar-refractivity contribution in [3.63, 3.8) is 0 Å². The molecule has 0 saturated heterocycles. The number of benzene rings is 2. The summed E-state index contributed by atoms with van der Waals surface area (Å²) in [7, 11) is -5.02. The van der Waals surface area contributed by atoms with Crippen molar-refractivity contribution in [2.75, 3.05) is 0 Å².